The Morgan fingerprint density at radius 1 is 1.31 bits per heavy atom. The number of terminal acetylenes is 1. The Hall–Kier alpha value is -3.68. The molecular weight excluding hydrogens is 420 g/mol. The highest BCUT2D eigenvalue weighted by molar-refractivity contribution is 6.02. The summed E-state index contributed by atoms with van der Waals surface area (Å²) in [6.07, 6.45) is 6.98. The van der Waals surface area contributed by atoms with Gasteiger partial charge in [-0.2, -0.15) is 0 Å². The fourth-order valence-corrected chi connectivity index (χ4v) is 3.23. The summed E-state index contributed by atoms with van der Waals surface area (Å²) >= 11 is 0. The van der Waals surface area contributed by atoms with Gasteiger partial charge in [-0.1, -0.05) is 30.3 Å². The molecule has 1 aromatic carbocycles. The molecule has 0 saturated carbocycles. The van der Waals surface area contributed by atoms with Crippen LogP contribution >= 0.6 is 0 Å². The number of aliphatic carboxylic acids is 2. The molecule has 1 fully saturated rings. The Bertz CT molecular complexity index is 894. The summed E-state index contributed by atoms with van der Waals surface area (Å²) in [6, 6.07) is 8.28. The van der Waals surface area contributed by atoms with E-state index in [0.717, 1.165) is 6.08 Å². The number of rotatable bonds is 11. The first kappa shape index (κ1) is 24.6. The van der Waals surface area contributed by atoms with Crippen LogP contribution in [0.1, 0.15) is 12.0 Å². The van der Waals surface area contributed by atoms with Crippen molar-refractivity contribution < 1.29 is 38.9 Å². The second-order valence-electron chi connectivity index (χ2n) is 7.16. The van der Waals surface area contributed by atoms with Gasteiger partial charge in [0.25, 0.3) is 11.5 Å². The standard InChI is InChI=1S/C22H24N2O8/c1-3-16-11-19(24(2)10-9-18(26)23-14-25)32-17(16)13-31-22(20(27)28,21(29)30)12-15-7-5-4-6-8-15/h1,4-10,14,16-17,19H,11-13H2,2H3,(H,27,28)(H,29,30)(H,23,25,26)/b10-9-. The van der Waals surface area contributed by atoms with Crippen LogP contribution in [0.2, 0.25) is 0 Å². The highest BCUT2D eigenvalue weighted by atomic mass is 16.6. The van der Waals surface area contributed by atoms with Crippen LogP contribution in [0.5, 0.6) is 0 Å². The first-order chi connectivity index (χ1) is 15.2. The van der Waals surface area contributed by atoms with Crippen LogP contribution < -0.4 is 5.32 Å². The van der Waals surface area contributed by atoms with Crippen LogP contribution in [0.4, 0.5) is 0 Å². The van der Waals surface area contributed by atoms with Gasteiger partial charge in [-0.3, -0.25) is 14.9 Å². The van der Waals surface area contributed by atoms with Crippen molar-refractivity contribution in [2.45, 2.75) is 30.8 Å². The smallest absolute Gasteiger partial charge is 0.348 e. The van der Waals surface area contributed by atoms with E-state index in [2.05, 4.69) is 5.92 Å². The number of hydrogen-bond donors (Lipinski definition) is 3. The number of benzene rings is 1. The number of ether oxygens (including phenoxy) is 2. The second kappa shape index (κ2) is 11.1. The van der Waals surface area contributed by atoms with Gasteiger partial charge in [0.15, 0.2) is 0 Å². The van der Waals surface area contributed by atoms with Gasteiger partial charge < -0.3 is 24.6 Å². The van der Waals surface area contributed by atoms with E-state index in [1.54, 1.807) is 42.3 Å². The number of carboxylic acid groups (broad SMARTS) is 2. The molecular formula is C22H24N2O8. The van der Waals surface area contributed by atoms with Crippen molar-refractivity contribution in [2.75, 3.05) is 13.7 Å². The van der Waals surface area contributed by atoms with E-state index in [4.69, 9.17) is 15.9 Å². The Balaban J connectivity index is 2.12. The number of nitrogens with one attached hydrogen (secondary N) is 1. The molecule has 3 N–H and O–H groups in total. The largest absolute Gasteiger partial charge is 0.479 e. The summed E-state index contributed by atoms with van der Waals surface area (Å²) in [4.78, 5) is 47.1. The highest BCUT2D eigenvalue weighted by Gasteiger charge is 2.50. The maximum absolute atomic E-state index is 11.9. The van der Waals surface area contributed by atoms with Gasteiger partial charge in [-0.15, -0.1) is 12.3 Å². The van der Waals surface area contributed by atoms with Crippen molar-refractivity contribution >= 4 is 24.3 Å². The van der Waals surface area contributed by atoms with Crippen LogP contribution in [0.3, 0.4) is 0 Å². The molecule has 0 aliphatic carbocycles. The fraction of sp³-hybridized carbons (Fsp3) is 0.364. The quantitative estimate of drug-likeness (QED) is 0.189. The zero-order valence-corrected chi connectivity index (χ0v) is 17.3. The van der Waals surface area contributed by atoms with Crippen molar-refractivity contribution in [3.05, 3.63) is 48.2 Å². The summed E-state index contributed by atoms with van der Waals surface area (Å²) in [6.45, 7) is -0.361. The van der Waals surface area contributed by atoms with E-state index >= 15 is 0 Å². The van der Waals surface area contributed by atoms with Gasteiger partial charge >= 0.3 is 11.9 Å². The average molecular weight is 444 g/mol. The normalized spacial score (nSPS) is 20.4. The van der Waals surface area contributed by atoms with Crippen molar-refractivity contribution in [1.29, 1.82) is 0 Å². The van der Waals surface area contributed by atoms with E-state index < -0.39 is 41.7 Å². The molecule has 0 aromatic heterocycles. The van der Waals surface area contributed by atoms with E-state index in [1.165, 1.54) is 6.20 Å². The van der Waals surface area contributed by atoms with E-state index in [9.17, 15) is 29.4 Å². The van der Waals surface area contributed by atoms with Crippen molar-refractivity contribution in [2.24, 2.45) is 5.92 Å². The Kier molecular flexibility index (Phi) is 8.52. The number of imide groups is 1. The molecule has 170 valence electrons. The summed E-state index contributed by atoms with van der Waals surface area (Å²) < 4.78 is 11.3. The molecule has 3 atom stereocenters. The van der Waals surface area contributed by atoms with Gasteiger partial charge in [0, 0.05) is 32.2 Å². The molecule has 32 heavy (non-hydrogen) atoms. The number of carbonyl (C=O) groups is 4. The van der Waals surface area contributed by atoms with Crippen LogP contribution in [-0.4, -0.2) is 71.0 Å². The van der Waals surface area contributed by atoms with Gasteiger partial charge in [-0.05, 0) is 5.56 Å². The molecule has 0 spiro atoms. The van der Waals surface area contributed by atoms with Gasteiger partial charge in [0.1, 0.15) is 6.23 Å². The zero-order valence-electron chi connectivity index (χ0n) is 17.3. The van der Waals surface area contributed by atoms with Gasteiger partial charge in [0.2, 0.25) is 6.41 Å². The first-order valence-corrected chi connectivity index (χ1v) is 9.64. The van der Waals surface area contributed by atoms with Gasteiger partial charge in [0.05, 0.1) is 18.6 Å². The molecule has 2 amide bonds. The van der Waals surface area contributed by atoms with E-state index in [0.29, 0.717) is 12.0 Å². The second-order valence-corrected chi connectivity index (χ2v) is 7.16. The third-order valence-corrected chi connectivity index (χ3v) is 5.05. The molecule has 3 unspecified atom stereocenters. The summed E-state index contributed by atoms with van der Waals surface area (Å²) in [7, 11) is 1.63. The maximum Gasteiger partial charge on any atom is 0.348 e. The molecule has 1 aromatic rings. The summed E-state index contributed by atoms with van der Waals surface area (Å²) in [5.41, 5.74) is -2.03. The predicted molar refractivity (Wildman–Crippen MR) is 111 cm³/mol. The van der Waals surface area contributed by atoms with E-state index in [-0.39, 0.29) is 19.4 Å². The molecule has 1 heterocycles. The Labute approximate surface area is 184 Å². The maximum atomic E-state index is 11.9. The SMILES string of the molecule is C#CC1CC(N(C)/C=C\C(=O)NC=O)OC1COC(Cc1ccccc1)(C(=O)O)C(=O)O. The minimum atomic E-state index is -2.51. The van der Waals surface area contributed by atoms with E-state index in [1.807, 2.05) is 5.32 Å². The van der Waals surface area contributed by atoms with Crippen LogP contribution in [0, 0.1) is 18.3 Å². The zero-order chi connectivity index (χ0) is 23.7. The molecule has 10 nitrogen and oxygen atoms in total. The number of nitrogens with zero attached hydrogens (tertiary/aromatic N) is 1. The lowest BCUT2D eigenvalue weighted by atomic mass is 9.94. The molecule has 1 aliphatic rings. The topological polar surface area (TPSA) is 142 Å². The number of amides is 2. The average Bonchev–Trinajstić information content (AvgIpc) is 3.19. The molecule has 10 heteroatoms. The monoisotopic (exact) mass is 444 g/mol. The lowest BCUT2D eigenvalue weighted by Gasteiger charge is -2.28. The van der Waals surface area contributed by atoms with Crippen molar-refractivity contribution in [1.82, 2.24) is 10.2 Å². The minimum Gasteiger partial charge on any atom is -0.479 e. The fourth-order valence-electron chi connectivity index (χ4n) is 3.23. The van der Waals surface area contributed by atoms with Crippen molar-refractivity contribution in [3.8, 4) is 12.3 Å². The molecule has 0 radical (unpaired) electrons. The number of carbonyl (C=O) groups excluding carboxylic acids is 2. The third-order valence-electron chi connectivity index (χ3n) is 5.05. The molecule has 2 rings (SSSR count). The number of hydrogen-bond acceptors (Lipinski definition) is 7. The summed E-state index contributed by atoms with van der Waals surface area (Å²) in [5.74, 6) is -1.82. The Morgan fingerprint density at radius 3 is 2.53 bits per heavy atom. The predicted octanol–water partition coefficient (Wildman–Crippen LogP) is 0.236. The van der Waals surface area contributed by atoms with Gasteiger partial charge in [-0.25, -0.2) is 9.59 Å². The lowest BCUT2D eigenvalue weighted by molar-refractivity contribution is -0.189. The molecule has 1 aliphatic heterocycles. The summed E-state index contributed by atoms with van der Waals surface area (Å²) in [5, 5.41) is 21.3. The first-order valence-electron chi connectivity index (χ1n) is 9.64. The Morgan fingerprint density at radius 2 is 1.97 bits per heavy atom. The van der Waals surface area contributed by atoms with Crippen LogP contribution in [0.15, 0.2) is 42.6 Å². The van der Waals surface area contributed by atoms with Crippen LogP contribution in [-0.2, 0) is 35.1 Å². The van der Waals surface area contributed by atoms with Crippen LogP contribution in [0.25, 0.3) is 0 Å². The number of carboxylic acids is 2. The lowest BCUT2D eigenvalue weighted by Crippen LogP contribution is -2.52. The van der Waals surface area contributed by atoms with Crippen molar-refractivity contribution in [3.63, 3.8) is 0 Å². The third kappa shape index (κ3) is 5.94. The minimum absolute atomic E-state index is 0.257. The molecule has 0 bridgehead atoms. The molecule has 1 saturated heterocycles. The highest BCUT2D eigenvalue weighted by Crippen LogP contribution is 2.30.